The van der Waals surface area contributed by atoms with Gasteiger partial charge in [0.2, 0.25) is 0 Å². The number of benzene rings is 1. The van der Waals surface area contributed by atoms with Crippen LogP contribution in [0.3, 0.4) is 0 Å². The predicted molar refractivity (Wildman–Crippen MR) is 80.3 cm³/mol. The molecule has 0 spiro atoms. The second kappa shape index (κ2) is 4.72. The van der Waals surface area contributed by atoms with Crippen LogP contribution in [-0.2, 0) is 0 Å². The van der Waals surface area contributed by atoms with Crippen LogP contribution >= 0.6 is 34.5 Å². The van der Waals surface area contributed by atoms with Gasteiger partial charge >= 0.3 is 0 Å². The molecule has 0 saturated heterocycles. The van der Waals surface area contributed by atoms with Crippen molar-refractivity contribution < 1.29 is 0 Å². The molecule has 0 aliphatic rings. The molecule has 0 amide bonds. The van der Waals surface area contributed by atoms with Crippen molar-refractivity contribution >= 4 is 40.2 Å². The van der Waals surface area contributed by atoms with Gasteiger partial charge in [0.05, 0.1) is 9.21 Å². The van der Waals surface area contributed by atoms with Crippen LogP contribution in [0.1, 0.15) is 0 Å². The van der Waals surface area contributed by atoms with Crippen molar-refractivity contribution in [2.75, 3.05) is 5.73 Å². The first-order valence-electron chi connectivity index (χ1n) is 5.30. The van der Waals surface area contributed by atoms with E-state index in [1.54, 1.807) is 6.20 Å². The average Bonchev–Trinajstić information content (AvgIpc) is 2.99. The summed E-state index contributed by atoms with van der Waals surface area (Å²) in [5.41, 5.74) is 9.01. The van der Waals surface area contributed by atoms with Gasteiger partial charge in [-0.25, -0.2) is 4.37 Å². The molecule has 18 heavy (non-hydrogen) atoms. The van der Waals surface area contributed by atoms with Crippen LogP contribution in [0, 0.1) is 0 Å². The lowest BCUT2D eigenvalue weighted by molar-refractivity contribution is 1.58. The molecule has 2 N–H and O–H groups in total. The first kappa shape index (κ1) is 11.7. The first-order chi connectivity index (χ1) is 8.74. The molecule has 2 heterocycles. The third-order valence-corrected chi connectivity index (χ3v) is 4.67. The van der Waals surface area contributed by atoms with Crippen LogP contribution in [0.25, 0.3) is 20.9 Å². The minimum Gasteiger partial charge on any atom is -0.398 e. The van der Waals surface area contributed by atoms with Gasteiger partial charge in [0.25, 0.3) is 0 Å². The molecule has 0 fully saturated rings. The fourth-order valence-corrected chi connectivity index (χ4v) is 3.44. The number of nitrogen functional groups attached to an aromatic ring is 1. The van der Waals surface area contributed by atoms with Gasteiger partial charge in [-0.3, -0.25) is 0 Å². The number of nitrogens with two attached hydrogens (primary N) is 1. The molecule has 0 aliphatic carbocycles. The number of hydrogen-bond acceptors (Lipinski definition) is 4. The molecule has 1 aromatic carbocycles. The highest BCUT2D eigenvalue weighted by atomic mass is 35.5. The summed E-state index contributed by atoms with van der Waals surface area (Å²) in [5, 5.41) is 0. The smallest absolute Gasteiger partial charge is 0.0934 e. The molecule has 2 aromatic heterocycles. The lowest BCUT2D eigenvalue weighted by Gasteiger charge is -2.05. The second-order valence-corrected chi connectivity index (χ2v) is 6.33. The standard InChI is InChI=1S/C13H9ClN2S2/c14-13-4-3-12(17-13)9-2-1-8(7-10(9)15)11-5-6-16-18-11/h1-7H,15H2. The zero-order valence-electron chi connectivity index (χ0n) is 9.26. The number of halogens is 1. The highest BCUT2D eigenvalue weighted by molar-refractivity contribution is 7.19. The van der Waals surface area contributed by atoms with Crippen molar-refractivity contribution in [3.63, 3.8) is 0 Å². The first-order valence-corrected chi connectivity index (χ1v) is 7.27. The number of anilines is 1. The second-order valence-electron chi connectivity index (χ2n) is 3.78. The van der Waals surface area contributed by atoms with Gasteiger partial charge in [-0.05, 0) is 41.4 Å². The van der Waals surface area contributed by atoms with Crippen LogP contribution in [-0.4, -0.2) is 4.37 Å². The van der Waals surface area contributed by atoms with Crippen LogP contribution < -0.4 is 5.73 Å². The maximum absolute atomic E-state index is 6.12. The molecule has 3 rings (SSSR count). The highest BCUT2D eigenvalue weighted by Gasteiger charge is 2.08. The van der Waals surface area contributed by atoms with Gasteiger partial charge in [0.1, 0.15) is 0 Å². The van der Waals surface area contributed by atoms with Gasteiger partial charge in [0.15, 0.2) is 0 Å². The third kappa shape index (κ3) is 2.14. The number of hydrogen-bond donors (Lipinski definition) is 1. The maximum Gasteiger partial charge on any atom is 0.0934 e. The van der Waals surface area contributed by atoms with E-state index >= 15 is 0 Å². The van der Waals surface area contributed by atoms with E-state index < -0.39 is 0 Å². The Morgan fingerprint density at radius 3 is 2.56 bits per heavy atom. The van der Waals surface area contributed by atoms with E-state index in [1.165, 1.54) is 22.9 Å². The van der Waals surface area contributed by atoms with Crippen LogP contribution in [0.2, 0.25) is 4.34 Å². The van der Waals surface area contributed by atoms with Gasteiger partial charge in [0, 0.05) is 22.3 Å². The van der Waals surface area contributed by atoms with E-state index in [2.05, 4.69) is 10.4 Å². The molecule has 3 aromatic rings. The van der Waals surface area contributed by atoms with Crippen molar-refractivity contribution in [2.24, 2.45) is 0 Å². The summed E-state index contributed by atoms with van der Waals surface area (Å²) in [5.74, 6) is 0. The number of rotatable bonds is 2. The summed E-state index contributed by atoms with van der Waals surface area (Å²) in [4.78, 5) is 2.21. The normalized spacial score (nSPS) is 10.7. The number of thiophene rings is 1. The summed E-state index contributed by atoms with van der Waals surface area (Å²) in [6.07, 6.45) is 1.79. The van der Waals surface area contributed by atoms with Crippen LogP contribution in [0.5, 0.6) is 0 Å². The maximum atomic E-state index is 6.12. The molecule has 0 radical (unpaired) electrons. The largest absolute Gasteiger partial charge is 0.398 e. The Balaban J connectivity index is 2.04. The Kier molecular flexibility index (Phi) is 3.07. The van der Waals surface area contributed by atoms with Crippen molar-refractivity contribution in [2.45, 2.75) is 0 Å². The Morgan fingerprint density at radius 1 is 1.06 bits per heavy atom. The molecule has 0 bridgehead atoms. The highest BCUT2D eigenvalue weighted by Crippen LogP contribution is 2.36. The molecule has 0 saturated carbocycles. The summed E-state index contributed by atoms with van der Waals surface area (Å²) in [7, 11) is 0. The van der Waals surface area contributed by atoms with Gasteiger partial charge in [-0.2, -0.15) is 0 Å². The van der Waals surface area contributed by atoms with Crippen molar-refractivity contribution in [1.29, 1.82) is 0 Å². The Hall–Kier alpha value is -1.36. The SMILES string of the molecule is Nc1cc(-c2ccns2)ccc1-c1ccc(Cl)s1. The molecule has 90 valence electrons. The van der Waals surface area contributed by atoms with E-state index in [0.29, 0.717) is 0 Å². The number of aromatic nitrogens is 1. The molecule has 0 unspecified atom stereocenters. The van der Waals surface area contributed by atoms with E-state index in [9.17, 15) is 0 Å². The Bertz CT molecular complexity index is 674. The molecule has 2 nitrogen and oxygen atoms in total. The lowest BCUT2D eigenvalue weighted by Crippen LogP contribution is -1.89. The fraction of sp³-hybridized carbons (Fsp3) is 0. The van der Waals surface area contributed by atoms with E-state index in [1.807, 2.05) is 30.3 Å². The van der Waals surface area contributed by atoms with E-state index in [4.69, 9.17) is 17.3 Å². The summed E-state index contributed by atoms with van der Waals surface area (Å²) < 4.78 is 4.87. The fourth-order valence-electron chi connectivity index (χ4n) is 1.76. The minimum absolute atomic E-state index is 0.763. The topological polar surface area (TPSA) is 38.9 Å². The Labute approximate surface area is 118 Å². The Morgan fingerprint density at radius 2 is 1.94 bits per heavy atom. The van der Waals surface area contributed by atoms with Crippen LogP contribution in [0.15, 0.2) is 42.6 Å². The molecular weight excluding hydrogens is 284 g/mol. The van der Waals surface area contributed by atoms with Gasteiger partial charge in [-0.1, -0.05) is 23.7 Å². The van der Waals surface area contributed by atoms with Crippen molar-refractivity contribution in [3.05, 3.63) is 46.9 Å². The lowest BCUT2D eigenvalue weighted by atomic mass is 10.1. The molecule has 0 atom stereocenters. The monoisotopic (exact) mass is 292 g/mol. The summed E-state index contributed by atoms with van der Waals surface area (Å²) in [6, 6.07) is 11.9. The van der Waals surface area contributed by atoms with Crippen molar-refractivity contribution in [1.82, 2.24) is 4.37 Å². The minimum atomic E-state index is 0.763. The van der Waals surface area contributed by atoms with Crippen molar-refractivity contribution in [3.8, 4) is 20.9 Å². The average molecular weight is 293 g/mol. The zero-order chi connectivity index (χ0) is 12.5. The molecule has 0 aliphatic heterocycles. The van der Waals surface area contributed by atoms with E-state index in [0.717, 1.165) is 30.9 Å². The zero-order valence-corrected chi connectivity index (χ0v) is 11.6. The number of nitrogens with zero attached hydrogens (tertiary/aromatic N) is 1. The summed E-state index contributed by atoms with van der Waals surface area (Å²) in [6.45, 7) is 0. The predicted octanol–water partition coefficient (Wildman–Crippen LogP) is 4.77. The van der Waals surface area contributed by atoms with Crippen LogP contribution in [0.4, 0.5) is 5.69 Å². The molecular formula is C13H9ClN2S2. The quantitative estimate of drug-likeness (QED) is 0.691. The molecule has 5 heteroatoms. The summed E-state index contributed by atoms with van der Waals surface area (Å²) >= 11 is 8.95. The van der Waals surface area contributed by atoms with Gasteiger partial charge < -0.3 is 5.73 Å². The third-order valence-electron chi connectivity index (χ3n) is 2.61. The van der Waals surface area contributed by atoms with Gasteiger partial charge in [-0.15, -0.1) is 11.3 Å². The van der Waals surface area contributed by atoms with E-state index in [-0.39, 0.29) is 0 Å².